The third-order valence-corrected chi connectivity index (χ3v) is 9.49. The van der Waals surface area contributed by atoms with Crippen molar-refractivity contribution in [2.75, 3.05) is 0 Å². The fourth-order valence-electron chi connectivity index (χ4n) is 0.500. The smallest absolute Gasteiger partial charge is 2.00 e. The first-order valence-electron chi connectivity index (χ1n) is 4.18. The average molecular weight is 432 g/mol. The Morgan fingerprint density at radius 1 is 0.467 bits per heavy atom. The van der Waals surface area contributed by atoms with Crippen LogP contribution in [0.3, 0.4) is 0 Å². The van der Waals surface area contributed by atoms with E-state index in [9.17, 15) is 0 Å². The molecule has 0 atom stereocenters. The fraction of sp³-hybridized carbons (Fsp3) is 0. The SMILES string of the molecule is C=[CH][Sn+]([CH]=C)[CH]=C.C=[CH][Sn+]([CH]=C)[CH]=C.[S-2]. The van der Waals surface area contributed by atoms with E-state index in [2.05, 4.69) is 39.5 Å². The van der Waals surface area contributed by atoms with E-state index in [1.54, 1.807) is 0 Å². The molecule has 0 fully saturated rings. The molecule has 0 spiro atoms. The van der Waals surface area contributed by atoms with Crippen LogP contribution in [0.1, 0.15) is 0 Å². The minimum atomic E-state index is -1.36. The molecule has 0 bridgehead atoms. The van der Waals surface area contributed by atoms with Crippen LogP contribution < -0.4 is 0 Å². The van der Waals surface area contributed by atoms with Crippen molar-refractivity contribution >= 4 is 53.0 Å². The summed E-state index contributed by atoms with van der Waals surface area (Å²) in [4.78, 5) is 0. The first-order valence-corrected chi connectivity index (χ1v) is 14.1. The van der Waals surface area contributed by atoms with Crippen molar-refractivity contribution in [1.82, 2.24) is 0 Å². The Balaban J connectivity index is -0.000000180. The Hall–Kier alpha value is 0.387. The zero-order valence-electron chi connectivity index (χ0n) is 9.11. The molecule has 0 aliphatic rings. The van der Waals surface area contributed by atoms with E-state index >= 15 is 0 Å². The third kappa shape index (κ3) is 14.4. The van der Waals surface area contributed by atoms with Gasteiger partial charge in [0.25, 0.3) is 0 Å². The van der Waals surface area contributed by atoms with E-state index in [-0.39, 0.29) is 13.5 Å². The summed E-state index contributed by atoms with van der Waals surface area (Å²) in [5, 5.41) is 0. The topological polar surface area (TPSA) is 0 Å². The summed E-state index contributed by atoms with van der Waals surface area (Å²) in [6.07, 6.45) is 0. The molecule has 0 aromatic rings. The molecule has 0 nitrogen and oxygen atoms in total. The van der Waals surface area contributed by atoms with Gasteiger partial charge in [0.1, 0.15) is 0 Å². The monoisotopic (exact) mass is 434 g/mol. The largest absolute Gasteiger partial charge is 2.00 e. The van der Waals surface area contributed by atoms with Gasteiger partial charge in [-0.15, -0.1) is 0 Å². The molecule has 0 unspecified atom stereocenters. The standard InChI is InChI=1S/6C2H3.S.2Sn/c6*1-2;;;/h6*1H,2H2;;;/q;;;;;;-2;2*+1. The fourth-order valence-corrected chi connectivity index (χ4v) is 3.35. The molecule has 0 aromatic carbocycles. The predicted octanol–water partition coefficient (Wildman–Crippen LogP) is 3.31. The van der Waals surface area contributed by atoms with Crippen LogP contribution in [0.25, 0.3) is 0 Å². The molecule has 80 valence electrons. The zero-order chi connectivity index (χ0) is 11.4. The van der Waals surface area contributed by atoms with Crippen molar-refractivity contribution in [3.63, 3.8) is 0 Å². The van der Waals surface area contributed by atoms with Crippen LogP contribution in [0.2, 0.25) is 0 Å². The van der Waals surface area contributed by atoms with Crippen molar-refractivity contribution in [3.05, 3.63) is 64.0 Å². The van der Waals surface area contributed by atoms with Crippen LogP contribution in [0.4, 0.5) is 0 Å². The molecule has 0 aliphatic carbocycles. The maximum Gasteiger partial charge on any atom is -2.00 e. The van der Waals surface area contributed by atoms with Gasteiger partial charge in [0.2, 0.25) is 0 Å². The van der Waals surface area contributed by atoms with Crippen molar-refractivity contribution in [3.8, 4) is 0 Å². The Bertz CT molecular complexity index is 160. The molecule has 0 aliphatic heterocycles. The number of hydrogen-bond donors (Lipinski definition) is 0. The summed E-state index contributed by atoms with van der Waals surface area (Å²) in [5.74, 6) is 0. The summed E-state index contributed by atoms with van der Waals surface area (Å²) in [5.41, 5.74) is 0. The van der Waals surface area contributed by atoms with Gasteiger partial charge in [-0.05, 0) is 0 Å². The first kappa shape index (κ1) is 20.8. The third-order valence-electron chi connectivity index (χ3n) is 1.41. The van der Waals surface area contributed by atoms with Crippen LogP contribution >= 0.6 is 0 Å². The van der Waals surface area contributed by atoms with Crippen molar-refractivity contribution in [2.24, 2.45) is 0 Å². The van der Waals surface area contributed by atoms with E-state index < -0.39 is 39.5 Å². The van der Waals surface area contributed by atoms with Crippen molar-refractivity contribution in [1.29, 1.82) is 0 Å². The van der Waals surface area contributed by atoms with Crippen LogP contribution in [0.15, 0.2) is 64.0 Å². The van der Waals surface area contributed by atoms with Crippen LogP contribution in [0.5, 0.6) is 0 Å². The molecular weight excluding hydrogens is 414 g/mol. The Morgan fingerprint density at radius 2 is 0.600 bits per heavy atom. The predicted molar refractivity (Wildman–Crippen MR) is 80.1 cm³/mol. The maximum absolute atomic E-state index is 3.65. The summed E-state index contributed by atoms with van der Waals surface area (Å²) >= 11 is -2.72. The molecule has 0 aromatic heterocycles. The summed E-state index contributed by atoms with van der Waals surface area (Å²) in [6.45, 7) is 21.9. The van der Waals surface area contributed by atoms with Gasteiger partial charge in [0.05, 0.1) is 0 Å². The molecule has 0 rings (SSSR count). The van der Waals surface area contributed by atoms with Crippen LogP contribution in [-0.4, -0.2) is 39.5 Å². The quantitative estimate of drug-likeness (QED) is 0.566. The van der Waals surface area contributed by atoms with E-state index in [0.717, 1.165) is 0 Å². The van der Waals surface area contributed by atoms with E-state index in [4.69, 9.17) is 0 Å². The summed E-state index contributed by atoms with van der Waals surface area (Å²) in [7, 11) is 0. The minimum absolute atomic E-state index is 0. The summed E-state index contributed by atoms with van der Waals surface area (Å²) < 4.78 is 11.9. The molecule has 0 saturated carbocycles. The van der Waals surface area contributed by atoms with E-state index in [1.807, 2.05) is 24.6 Å². The number of rotatable bonds is 6. The second kappa shape index (κ2) is 16.8. The van der Waals surface area contributed by atoms with Crippen molar-refractivity contribution < 1.29 is 0 Å². The molecule has 0 radical (unpaired) electrons. The zero-order valence-corrected chi connectivity index (χ0v) is 15.6. The normalized spacial score (nSPS) is 6.40. The second-order valence-corrected chi connectivity index (χ2v) is 14.9. The first-order chi connectivity index (χ1) is 6.69. The molecule has 0 heterocycles. The average Bonchev–Trinajstić information content (AvgIpc) is 2.24. The minimum Gasteiger partial charge on any atom is -2.00 e. The van der Waals surface area contributed by atoms with E-state index in [0.29, 0.717) is 0 Å². The van der Waals surface area contributed by atoms with Gasteiger partial charge in [-0.3, -0.25) is 0 Å². The van der Waals surface area contributed by atoms with Crippen LogP contribution in [-0.2, 0) is 13.5 Å². The second-order valence-electron chi connectivity index (χ2n) is 2.22. The Labute approximate surface area is 116 Å². The van der Waals surface area contributed by atoms with E-state index in [1.165, 1.54) is 0 Å². The van der Waals surface area contributed by atoms with Gasteiger partial charge in [0, 0.05) is 0 Å². The summed E-state index contributed by atoms with van der Waals surface area (Å²) in [6, 6.07) is 0. The molecule has 0 saturated heterocycles. The molecule has 3 heteroatoms. The van der Waals surface area contributed by atoms with Gasteiger partial charge in [0.15, 0.2) is 0 Å². The van der Waals surface area contributed by atoms with Gasteiger partial charge in [-0.25, -0.2) is 0 Å². The molecule has 15 heavy (non-hydrogen) atoms. The maximum atomic E-state index is 3.65. The van der Waals surface area contributed by atoms with Gasteiger partial charge in [-0.2, -0.15) is 0 Å². The Morgan fingerprint density at radius 3 is 0.600 bits per heavy atom. The molecule has 0 amide bonds. The van der Waals surface area contributed by atoms with Gasteiger partial charge < -0.3 is 13.5 Å². The van der Waals surface area contributed by atoms with Gasteiger partial charge >= 0.3 is 104 Å². The van der Waals surface area contributed by atoms with Crippen molar-refractivity contribution in [2.45, 2.75) is 0 Å². The van der Waals surface area contributed by atoms with Gasteiger partial charge in [-0.1, -0.05) is 0 Å². The Kier molecular flexibility index (Phi) is 23.3. The molecular formula is C12H18SSn2. The molecule has 0 N–H and O–H groups in total. The van der Waals surface area contributed by atoms with Crippen LogP contribution in [0, 0.1) is 0 Å². The number of hydrogen-bond acceptors (Lipinski definition) is 0.